The van der Waals surface area contributed by atoms with E-state index in [1.54, 1.807) is 12.1 Å². The Hall–Kier alpha value is -3.10. The molecule has 5 heteroatoms. The molecule has 2 aromatic carbocycles. The first-order valence-electron chi connectivity index (χ1n) is 7.96. The summed E-state index contributed by atoms with van der Waals surface area (Å²) < 4.78 is 0. The third kappa shape index (κ3) is 4.69. The summed E-state index contributed by atoms with van der Waals surface area (Å²) in [5.74, 6) is 1.11. The van der Waals surface area contributed by atoms with Crippen LogP contribution in [0, 0.1) is 12.3 Å². The standard InChI is InChI=1S/C20H20N2O3/c1-3-5-18(20(24)22-25)21-19(23)17-12-10-16(11-13-17)15-8-6-14(4-2)7-9-15/h1,6-13,18,25H,4-5H2,2H3,(H,21,23)(H,22,24)/t18-/m0/s1. The smallest absolute Gasteiger partial charge is 0.266 e. The van der Waals surface area contributed by atoms with Gasteiger partial charge in [0.25, 0.3) is 11.8 Å². The van der Waals surface area contributed by atoms with Crippen LogP contribution < -0.4 is 10.8 Å². The van der Waals surface area contributed by atoms with Gasteiger partial charge in [0, 0.05) is 12.0 Å². The molecule has 0 aliphatic rings. The Kier molecular flexibility index (Phi) is 6.33. The van der Waals surface area contributed by atoms with Gasteiger partial charge in [-0.1, -0.05) is 43.3 Å². The fourth-order valence-electron chi connectivity index (χ4n) is 2.39. The number of amides is 2. The van der Waals surface area contributed by atoms with Gasteiger partial charge < -0.3 is 5.32 Å². The van der Waals surface area contributed by atoms with Crippen molar-refractivity contribution in [1.29, 1.82) is 0 Å². The minimum atomic E-state index is -0.983. The summed E-state index contributed by atoms with van der Waals surface area (Å²) in [6, 6.07) is 14.3. The van der Waals surface area contributed by atoms with Crippen molar-refractivity contribution in [3.8, 4) is 23.5 Å². The van der Waals surface area contributed by atoms with Crippen LogP contribution >= 0.6 is 0 Å². The molecule has 0 aromatic heterocycles. The van der Waals surface area contributed by atoms with Gasteiger partial charge in [-0.25, -0.2) is 5.48 Å². The van der Waals surface area contributed by atoms with Gasteiger partial charge in [0.05, 0.1) is 0 Å². The fraction of sp³-hybridized carbons (Fsp3) is 0.200. The number of rotatable bonds is 6. The van der Waals surface area contributed by atoms with E-state index in [4.69, 9.17) is 11.6 Å². The van der Waals surface area contributed by atoms with E-state index in [0.29, 0.717) is 5.56 Å². The quantitative estimate of drug-likeness (QED) is 0.431. The lowest BCUT2D eigenvalue weighted by molar-refractivity contribution is -0.131. The van der Waals surface area contributed by atoms with E-state index < -0.39 is 17.9 Å². The molecule has 5 nitrogen and oxygen atoms in total. The SMILES string of the molecule is C#CC[C@H](NC(=O)c1ccc(-c2ccc(CC)cc2)cc1)C(=O)NO. The lowest BCUT2D eigenvalue weighted by Gasteiger charge is -2.14. The lowest BCUT2D eigenvalue weighted by Crippen LogP contribution is -2.45. The zero-order valence-electron chi connectivity index (χ0n) is 14.0. The van der Waals surface area contributed by atoms with Crippen LogP contribution in [-0.4, -0.2) is 23.1 Å². The number of carbonyl (C=O) groups is 2. The summed E-state index contributed by atoms with van der Waals surface area (Å²) >= 11 is 0. The summed E-state index contributed by atoms with van der Waals surface area (Å²) in [6.07, 6.45) is 6.15. The third-order valence-corrected chi connectivity index (χ3v) is 3.90. The van der Waals surface area contributed by atoms with Crippen molar-refractivity contribution < 1.29 is 14.8 Å². The van der Waals surface area contributed by atoms with Crippen LogP contribution in [0.25, 0.3) is 11.1 Å². The van der Waals surface area contributed by atoms with Crippen molar-refractivity contribution in [3.63, 3.8) is 0 Å². The summed E-state index contributed by atoms with van der Waals surface area (Å²) in [4.78, 5) is 23.7. The van der Waals surface area contributed by atoms with Gasteiger partial charge in [-0.3, -0.25) is 14.8 Å². The minimum absolute atomic E-state index is 0.0139. The highest BCUT2D eigenvalue weighted by Gasteiger charge is 2.20. The number of hydroxylamine groups is 1. The molecule has 0 radical (unpaired) electrons. The molecule has 0 bridgehead atoms. The first-order chi connectivity index (χ1) is 12.1. The van der Waals surface area contributed by atoms with E-state index in [0.717, 1.165) is 17.5 Å². The van der Waals surface area contributed by atoms with Gasteiger partial charge in [-0.2, -0.15) is 0 Å². The zero-order valence-corrected chi connectivity index (χ0v) is 14.0. The van der Waals surface area contributed by atoms with Crippen molar-refractivity contribution in [1.82, 2.24) is 10.8 Å². The molecule has 0 heterocycles. The van der Waals surface area contributed by atoms with Crippen LogP contribution in [0.15, 0.2) is 48.5 Å². The molecular weight excluding hydrogens is 316 g/mol. The normalized spacial score (nSPS) is 11.2. The summed E-state index contributed by atoms with van der Waals surface area (Å²) in [5.41, 5.74) is 5.22. The van der Waals surface area contributed by atoms with E-state index in [-0.39, 0.29) is 6.42 Å². The molecule has 25 heavy (non-hydrogen) atoms. The molecular formula is C20H20N2O3. The molecule has 2 rings (SSSR count). The highest BCUT2D eigenvalue weighted by molar-refractivity contribution is 5.97. The fourth-order valence-corrected chi connectivity index (χ4v) is 2.39. The largest absolute Gasteiger partial charge is 0.339 e. The highest BCUT2D eigenvalue weighted by atomic mass is 16.5. The van der Waals surface area contributed by atoms with Gasteiger partial charge in [0.2, 0.25) is 0 Å². The van der Waals surface area contributed by atoms with Gasteiger partial charge in [-0.15, -0.1) is 12.3 Å². The molecule has 128 valence electrons. The van der Waals surface area contributed by atoms with E-state index in [2.05, 4.69) is 30.3 Å². The molecule has 0 saturated carbocycles. The lowest BCUT2D eigenvalue weighted by atomic mass is 10.0. The van der Waals surface area contributed by atoms with E-state index in [9.17, 15) is 9.59 Å². The number of terminal acetylenes is 1. The average Bonchev–Trinajstić information content (AvgIpc) is 2.67. The Morgan fingerprint density at radius 2 is 1.64 bits per heavy atom. The molecule has 0 unspecified atom stereocenters. The van der Waals surface area contributed by atoms with E-state index >= 15 is 0 Å². The van der Waals surface area contributed by atoms with Gasteiger partial charge in [0.1, 0.15) is 6.04 Å². The number of benzene rings is 2. The van der Waals surface area contributed by atoms with Crippen LogP contribution in [-0.2, 0) is 11.2 Å². The second-order valence-corrected chi connectivity index (χ2v) is 5.54. The van der Waals surface area contributed by atoms with Crippen molar-refractivity contribution >= 4 is 11.8 Å². The molecule has 0 spiro atoms. The first-order valence-corrected chi connectivity index (χ1v) is 7.96. The molecule has 0 aliphatic heterocycles. The molecule has 0 saturated heterocycles. The van der Waals surface area contributed by atoms with Crippen molar-refractivity contribution in [2.24, 2.45) is 0 Å². The average molecular weight is 336 g/mol. The Balaban J connectivity index is 2.11. The third-order valence-electron chi connectivity index (χ3n) is 3.90. The number of carbonyl (C=O) groups excluding carboxylic acids is 2. The van der Waals surface area contributed by atoms with E-state index in [1.165, 1.54) is 11.0 Å². The first kappa shape index (κ1) is 18.2. The summed E-state index contributed by atoms with van der Waals surface area (Å²) in [6.45, 7) is 2.10. The van der Waals surface area contributed by atoms with Gasteiger partial charge in [0.15, 0.2) is 0 Å². The maximum absolute atomic E-state index is 12.2. The molecule has 2 amide bonds. The Labute approximate surface area is 147 Å². The molecule has 1 atom stereocenters. The maximum Gasteiger partial charge on any atom is 0.266 e. The molecule has 0 aliphatic carbocycles. The monoisotopic (exact) mass is 336 g/mol. The predicted octanol–water partition coefficient (Wildman–Crippen LogP) is 2.54. The number of aryl methyl sites for hydroxylation is 1. The van der Waals surface area contributed by atoms with Crippen molar-refractivity contribution in [3.05, 3.63) is 59.7 Å². The zero-order chi connectivity index (χ0) is 18.2. The van der Waals surface area contributed by atoms with Gasteiger partial charge in [-0.05, 0) is 35.2 Å². The Morgan fingerprint density at radius 1 is 1.08 bits per heavy atom. The number of nitrogens with one attached hydrogen (secondary N) is 2. The van der Waals surface area contributed by atoms with Crippen LogP contribution in [0.1, 0.15) is 29.3 Å². The molecule has 2 aromatic rings. The Morgan fingerprint density at radius 3 is 2.12 bits per heavy atom. The minimum Gasteiger partial charge on any atom is -0.339 e. The second-order valence-electron chi connectivity index (χ2n) is 5.54. The predicted molar refractivity (Wildman–Crippen MR) is 95.9 cm³/mol. The number of hydrogen-bond donors (Lipinski definition) is 3. The Bertz CT molecular complexity index is 774. The van der Waals surface area contributed by atoms with E-state index in [1.807, 2.05) is 24.3 Å². The van der Waals surface area contributed by atoms with Crippen molar-refractivity contribution in [2.75, 3.05) is 0 Å². The number of hydrogen-bond acceptors (Lipinski definition) is 3. The topological polar surface area (TPSA) is 78.4 Å². The molecule has 3 N–H and O–H groups in total. The van der Waals surface area contributed by atoms with Crippen LogP contribution in [0.2, 0.25) is 0 Å². The summed E-state index contributed by atoms with van der Waals surface area (Å²) in [7, 11) is 0. The second kappa shape index (κ2) is 8.67. The van der Waals surface area contributed by atoms with Gasteiger partial charge >= 0.3 is 0 Å². The van der Waals surface area contributed by atoms with Crippen LogP contribution in [0.4, 0.5) is 0 Å². The summed E-state index contributed by atoms with van der Waals surface area (Å²) in [5, 5.41) is 11.2. The maximum atomic E-state index is 12.2. The van der Waals surface area contributed by atoms with Crippen LogP contribution in [0.5, 0.6) is 0 Å². The molecule has 0 fully saturated rings. The van der Waals surface area contributed by atoms with Crippen molar-refractivity contribution in [2.45, 2.75) is 25.8 Å². The van der Waals surface area contributed by atoms with Crippen LogP contribution in [0.3, 0.4) is 0 Å². The highest BCUT2D eigenvalue weighted by Crippen LogP contribution is 2.20.